The molecule has 0 atom stereocenters. The summed E-state index contributed by atoms with van der Waals surface area (Å²) in [4.78, 5) is 30.6. The summed E-state index contributed by atoms with van der Waals surface area (Å²) in [6.45, 7) is 5.64. The number of ether oxygens (including phenoxy) is 1. The van der Waals surface area contributed by atoms with Crippen molar-refractivity contribution in [1.29, 1.82) is 0 Å². The van der Waals surface area contributed by atoms with Crippen LogP contribution < -0.4 is 4.90 Å². The molecule has 0 bridgehead atoms. The molecule has 28 heavy (non-hydrogen) atoms. The fourth-order valence-corrected chi connectivity index (χ4v) is 4.85. The van der Waals surface area contributed by atoms with Crippen molar-refractivity contribution in [3.05, 3.63) is 29.6 Å². The van der Waals surface area contributed by atoms with Crippen LogP contribution in [0.5, 0.6) is 0 Å². The van der Waals surface area contributed by atoms with Crippen molar-refractivity contribution < 1.29 is 18.7 Å². The fraction of sp³-hybridized carbons (Fsp3) is 0.619. The summed E-state index contributed by atoms with van der Waals surface area (Å²) in [7, 11) is 0. The Labute approximate surface area is 165 Å². The van der Waals surface area contributed by atoms with E-state index >= 15 is 0 Å². The molecule has 4 rings (SSSR count). The topological polar surface area (TPSA) is 53.1 Å². The first-order chi connectivity index (χ1) is 13.6. The lowest BCUT2D eigenvalue weighted by molar-refractivity contribution is -0.118. The lowest BCUT2D eigenvalue weighted by Crippen LogP contribution is -2.52. The number of rotatable bonds is 3. The van der Waals surface area contributed by atoms with Gasteiger partial charge in [0, 0.05) is 44.0 Å². The van der Waals surface area contributed by atoms with Crippen LogP contribution in [0.4, 0.5) is 14.9 Å². The number of likely N-dealkylation sites (tertiary alicyclic amines) is 2. The molecule has 0 spiro atoms. The summed E-state index contributed by atoms with van der Waals surface area (Å²) in [5.41, 5.74) is 1.69. The average Bonchev–Trinajstić information content (AvgIpc) is 3.03. The van der Waals surface area contributed by atoms with Gasteiger partial charge in [0.15, 0.2) is 0 Å². The first-order valence-electron chi connectivity index (χ1n) is 10.3. The number of nitrogens with zero attached hydrogens (tertiary/aromatic N) is 3. The molecule has 3 aliphatic rings. The van der Waals surface area contributed by atoms with E-state index in [1.807, 2.05) is 11.8 Å². The number of halogens is 1. The molecule has 0 unspecified atom stereocenters. The minimum absolute atomic E-state index is 0.0850. The molecule has 1 aromatic rings. The van der Waals surface area contributed by atoms with Crippen LogP contribution in [-0.2, 0) is 16.0 Å². The van der Waals surface area contributed by atoms with Gasteiger partial charge in [-0.3, -0.25) is 4.79 Å². The SMILES string of the molecule is CCOC(=O)N1CCC(N2CCC(N3C(=O)Cc4cc(F)ccc43)CC2)CC1. The molecule has 152 valence electrons. The predicted octanol–water partition coefficient (Wildman–Crippen LogP) is 2.80. The Morgan fingerprint density at radius 1 is 1.11 bits per heavy atom. The highest BCUT2D eigenvalue weighted by Crippen LogP contribution is 2.34. The maximum Gasteiger partial charge on any atom is 0.409 e. The maximum atomic E-state index is 13.5. The van der Waals surface area contributed by atoms with Crippen LogP contribution in [0.2, 0.25) is 0 Å². The van der Waals surface area contributed by atoms with Gasteiger partial charge < -0.3 is 19.4 Å². The third-order valence-electron chi connectivity index (χ3n) is 6.28. The highest BCUT2D eigenvalue weighted by atomic mass is 19.1. The molecule has 0 aliphatic carbocycles. The summed E-state index contributed by atoms with van der Waals surface area (Å²) in [6.07, 6.45) is 3.89. The first-order valence-corrected chi connectivity index (χ1v) is 10.3. The van der Waals surface area contributed by atoms with Gasteiger partial charge in [0.25, 0.3) is 0 Å². The molecule has 1 aromatic carbocycles. The second-order valence-electron chi connectivity index (χ2n) is 7.90. The molecule has 2 fully saturated rings. The Morgan fingerprint density at radius 2 is 1.79 bits per heavy atom. The minimum atomic E-state index is -0.280. The quantitative estimate of drug-likeness (QED) is 0.798. The third-order valence-corrected chi connectivity index (χ3v) is 6.28. The molecular formula is C21H28FN3O3. The fourth-order valence-electron chi connectivity index (χ4n) is 4.85. The Balaban J connectivity index is 1.31. The molecule has 3 heterocycles. The van der Waals surface area contributed by atoms with Gasteiger partial charge in [-0.1, -0.05) is 0 Å². The second kappa shape index (κ2) is 8.07. The van der Waals surface area contributed by atoms with Gasteiger partial charge in [-0.05, 0) is 56.4 Å². The third kappa shape index (κ3) is 3.72. The van der Waals surface area contributed by atoms with Crippen LogP contribution in [0.25, 0.3) is 0 Å². The van der Waals surface area contributed by atoms with E-state index in [9.17, 15) is 14.0 Å². The number of carbonyl (C=O) groups is 2. The molecule has 0 radical (unpaired) electrons. The van der Waals surface area contributed by atoms with E-state index in [0.717, 1.165) is 63.1 Å². The van der Waals surface area contributed by atoms with E-state index in [4.69, 9.17) is 4.74 Å². The number of piperidine rings is 2. The summed E-state index contributed by atoms with van der Waals surface area (Å²) in [5.74, 6) is -0.195. The Morgan fingerprint density at radius 3 is 2.46 bits per heavy atom. The van der Waals surface area contributed by atoms with Crippen molar-refractivity contribution in [2.45, 2.75) is 51.1 Å². The van der Waals surface area contributed by atoms with Gasteiger partial charge in [-0.25, -0.2) is 9.18 Å². The number of fused-ring (bicyclic) bond motifs is 1. The molecule has 2 amide bonds. The summed E-state index contributed by atoms with van der Waals surface area (Å²) in [6, 6.07) is 5.35. The van der Waals surface area contributed by atoms with Crippen LogP contribution in [0.3, 0.4) is 0 Å². The predicted molar refractivity (Wildman–Crippen MR) is 104 cm³/mol. The normalized spacial score (nSPS) is 21.9. The first kappa shape index (κ1) is 19.2. The lowest BCUT2D eigenvalue weighted by atomic mass is 9.97. The number of hydrogen-bond acceptors (Lipinski definition) is 4. The number of hydrogen-bond donors (Lipinski definition) is 0. The zero-order chi connectivity index (χ0) is 19.7. The van der Waals surface area contributed by atoms with Crippen LogP contribution >= 0.6 is 0 Å². The molecule has 6 nitrogen and oxygen atoms in total. The lowest BCUT2D eigenvalue weighted by Gasteiger charge is -2.43. The van der Waals surface area contributed by atoms with E-state index in [0.29, 0.717) is 19.1 Å². The maximum absolute atomic E-state index is 13.5. The number of amides is 2. The van der Waals surface area contributed by atoms with E-state index in [1.165, 1.54) is 12.1 Å². The second-order valence-corrected chi connectivity index (χ2v) is 7.90. The van der Waals surface area contributed by atoms with Crippen molar-refractivity contribution in [2.24, 2.45) is 0 Å². The van der Waals surface area contributed by atoms with Crippen LogP contribution in [0.1, 0.15) is 38.2 Å². The molecule has 2 saturated heterocycles. The molecule has 3 aliphatic heterocycles. The van der Waals surface area contributed by atoms with Gasteiger partial charge in [0.2, 0.25) is 5.91 Å². The zero-order valence-corrected chi connectivity index (χ0v) is 16.4. The van der Waals surface area contributed by atoms with Crippen molar-refractivity contribution in [3.8, 4) is 0 Å². The summed E-state index contributed by atoms with van der Waals surface area (Å²) in [5, 5.41) is 0. The number of carbonyl (C=O) groups excluding carboxylic acids is 2. The minimum Gasteiger partial charge on any atom is -0.450 e. The van der Waals surface area contributed by atoms with E-state index in [2.05, 4.69) is 4.90 Å². The monoisotopic (exact) mass is 389 g/mol. The van der Waals surface area contributed by atoms with Crippen LogP contribution in [-0.4, -0.2) is 66.7 Å². The molecule has 0 aromatic heterocycles. The highest BCUT2D eigenvalue weighted by molar-refractivity contribution is 6.01. The molecular weight excluding hydrogens is 361 g/mol. The van der Waals surface area contributed by atoms with Crippen LogP contribution in [0.15, 0.2) is 18.2 Å². The van der Waals surface area contributed by atoms with E-state index in [-0.39, 0.29) is 23.9 Å². The highest BCUT2D eigenvalue weighted by Gasteiger charge is 2.37. The van der Waals surface area contributed by atoms with Crippen molar-refractivity contribution in [1.82, 2.24) is 9.80 Å². The van der Waals surface area contributed by atoms with Crippen molar-refractivity contribution in [2.75, 3.05) is 37.7 Å². The molecule has 7 heteroatoms. The summed E-state index contributed by atoms with van der Waals surface area (Å²) < 4.78 is 18.6. The van der Waals surface area contributed by atoms with Crippen molar-refractivity contribution >= 4 is 17.7 Å². The van der Waals surface area contributed by atoms with Crippen LogP contribution in [0, 0.1) is 5.82 Å². The van der Waals surface area contributed by atoms with Gasteiger partial charge in [0.05, 0.1) is 13.0 Å². The largest absolute Gasteiger partial charge is 0.450 e. The van der Waals surface area contributed by atoms with Gasteiger partial charge in [-0.15, -0.1) is 0 Å². The zero-order valence-electron chi connectivity index (χ0n) is 16.4. The van der Waals surface area contributed by atoms with E-state index in [1.54, 1.807) is 11.0 Å². The summed E-state index contributed by atoms with van der Waals surface area (Å²) >= 11 is 0. The number of benzene rings is 1. The van der Waals surface area contributed by atoms with Gasteiger partial charge in [-0.2, -0.15) is 0 Å². The van der Waals surface area contributed by atoms with Gasteiger partial charge in [0.1, 0.15) is 5.82 Å². The van der Waals surface area contributed by atoms with Gasteiger partial charge >= 0.3 is 6.09 Å². The standard InChI is InChI=1S/C21H28FN3O3/c1-2-28-21(27)24-11-5-17(6-12-24)23-9-7-18(8-10-23)25-19-4-3-16(22)13-15(19)14-20(25)26/h3-4,13,17-18H,2,5-12,14H2,1H3. The van der Waals surface area contributed by atoms with E-state index < -0.39 is 0 Å². The Kier molecular flexibility index (Phi) is 5.53. The smallest absolute Gasteiger partial charge is 0.409 e. The Hall–Kier alpha value is -2.15. The Bertz CT molecular complexity index is 740. The van der Waals surface area contributed by atoms with Crippen molar-refractivity contribution in [3.63, 3.8) is 0 Å². The molecule has 0 N–H and O–H groups in total. The average molecular weight is 389 g/mol. The number of anilines is 1. The molecule has 0 saturated carbocycles.